The van der Waals surface area contributed by atoms with Crippen LogP contribution < -0.4 is 5.32 Å². The Balaban J connectivity index is 2.01. The van der Waals surface area contributed by atoms with Crippen LogP contribution in [0.2, 0.25) is 0 Å². The molecular formula is C15H18N4S. The predicted octanol–water partition coefficient (Wildman–Crippen LogP) is 3.42. The Hall–Kier alpha value is -1.62. The smallest absolute Gasteiger partial charge is 0.163 e. The van der Waals surface area contributed by atoms with Crippen molar-refractivity contribution in [1.29, 1.82) is 0 Å². The van der Waals surface area contributed by atoms with Gasteiger partial charge in [-0.05, 0) is 25.5 Å². The summed E-state index contributed by atoms with van der Waals surface area (Å²) in [5.41, 5.74) is 4.43. The van der Waals surface area contributed by atoms with Crippen LogP contribution in [-0.4, -0.2) is 21.5 Å². The van der Waals surface area contributed by atoms with Gasteiger partial charge >= 0.3 is 0 Å². The minimum absolute atomic E-state index is 0.775. The van der Waals surface area contributed by atoms with E-state index >= 15 is 0 Å². The number of nitrogens with zero attached hydrogens (tertiary/aromatic N) is 3. The molecule has 104 valence electrons. The molecule has 1 aliphatic rings. The molecule has 0 fully saturated rings. The molecule has 0 aliphatic carbocycles. The van der Waals surface area contributed by atoms with Gasteiger partial charge in [-0.25, -0.2) is 9.97 Å². The Labute approximate surface area is 123 Å². The standard InChI is InChI=1S/C15H18N4S/c1-3-6-16-15-12-8-20-9-13(12)18-14(19-15)11-5-4-10(2)17-7-11/h4-5,7H,3,6,8-9H2,1-2H3,(H,16,18,19). The van der Waals surface area contributed by atoms with Crippen LogP contribution in [0, 0.1) is 6.92 Å². The fourth-order valence-corrected chi connectivity index (χ4v) is 3.21. The summed E-state index contributed by atoms with van der Waals surface area (Å²) in [5.74, 6) is 3.76. The highest BCUT2D eigenvalue weighted by molar-refractivity contribution is 7.98. The summed E-state index contributed by atoms with van der Waals surface area (Å²) >= 11 is 1.90. The molecule has 3 heterocycles. The molecule has 0 saturated carbocycles. The van der Waals surface area contributed by atoms with E-state index in [4.69, 9.17) is 9.97 Å². The van der Waals surface area contributed by atoms with Crippen molar-refractivity contribution in [2.24, 2.45) is 0 Å². The van der Waals surface area contributed by atoms with Crippen molar-refractivity contribution in [3.63, 3.8) is 0 Å². The van der Waals surface area contributed by atoms with Crippen LogP contribution in [0.1, 0.15) is 30.3 Å². The first-order chi connectivity index (χ1) is 9.78. The van der Waals surface area contributed by atoms with E-state index in [9.17, 15) is 0 Å². The summed E-state index contributed by atoms with van der Waals surface area (Å²) in [7, 11) is 0. The second kappa shape index (κ2) is 5.79. The van der Waals surface area contributed by atoms with Crippen molar-refractivity contribution >= 4 is 17.6 Å². The van der Waals surface area contributed by atoms with Crippen molar-refractivity contribution in [3.8, 4) is 11.4 Å². The fraction of sp³-hybridized carbons (Fsp3) is 0.400. The Morgan fingerprint density at radius 1 is 1.25 bits per heavy atom. The quantitative estimate of drug-likeness (QED) is 0.933. The molecule has 0 bridgehead atoms. The van der Waals surface area contributed by atoms with E-state index in [0.29, 0.717) is 0 Å². The lowest BCUT2D eigenvalue weighted by Gasteiger charge is -2.11. The molecule has 0 saturated heterocycles. The Morgan fingerprint density at radius 2 is 2.15 bits per heavy atom. The lowest BCUT2D eigenvalue weighted by atomic mass is 10.2. The van der Waals surface area contributed by atoms with Crippen LogP contribution in [0.4, 0.5) is 5.82 Å². The first-order valence-electron chi connectivity index (χ1n) is 6.92. The van der Waals surface area contributed by atoms with Gasteiger partial charge in [-0.15, -0.1) is 0 Å². The van der Waals surface area contributed by atoms with Gasteiger partial charge in [-0.1, -0.05) is 6.92 Å². The van der Waals surface area contributed by atoms with Crippen molar-refractivity contribution in [3.05, 3.63) is 35.3 Å². The number of anilines is 1. The first-order valence-corrected chi connectivity index (χ1v) is 8.08. The van der Waals surface area contributed by atoms with E-state index in [0.717, 1.165) is 47.4 Å². The maximum absolute atomic E-state index is 4.71. The van der Waals surface area contributed by atoms with E-state index in [1.165, 1.54) is 11.3 Å². The molecule has 0 aromatic carbocycles. The summed E-state index contributed by atoms with van der Waals surface area (Å²) in [6, 6.07) is 4.04. The summed E-state index contributed by atoms with van der Waals surface area (Å²) in [6.07, 6.45) is 2.94. The van der Waals surface area contributed by atoms with E-state index in [1.807, 2.05) is 37.0 Å². The van der Waals surface area contributed by atoms with Crippen molar-refractivity contribution in [2.45, 2.75) is 31.8 Å². The third-order valence-corrected chi connectivity index (χ3v) is 4.26. The normalized spacial score (nSPS) is 13.3. The molecule has 2 aromatic heterocycles. The van der Waals surface area contributed by atoms with E-state index < -0.39 is 0 Å². The zero-order valence-electron chi connectivity index (χ0n) is 11.8. The van der Waals surface area contributed by atoms with Crippen molar-refractivity contribution in [1.82, 2.24) is 15.0 Å². The number of nitrogens with one attached hydrogen (secondary N) is 1. The molecule has 0 unspecified atom stereocenters. The number of hydrogen-bond acceptors (Lipinski definition) is 5. The van der Waals surface area contributed by atoms with Gasteiger partial charge in [0, 0.05) is 41.1 Å². The molecule has 1 N–H and O–H groups in total. The van der Waals surface area contributed by atoms with Gasteiger partial charge in [0.2, 0.25) is 0 Å². The van der Waals surface area contributed by atoms with Crippen LogP contribution in [0.25, 0.3) is 11.4 Å². The second-order valence-electron chi connectivity index (χ2n) is 4.93. The lowest BCUT2D eigenvalue weighted by Crippen LogP contribution is -2.08. The molecule has 3 rings (SSSR count). The molecule has 0 amide bonds. The highest BCUT2D eigenvalue weighted by atomic mass is 32.2. The molecule has 5 heteroatoms. The van der Waals surface area contributed by atoms with Crippen molar-refractivity contribution < 1.29 is 0 Å². The minimum Gasteiger partial charge on any atom is -0.370 e. The van der Waals surface area contributed by atoms with Gasteiger partial charge in [0.25, 0.3) is 0 Å². The van der Waals surface area contributed by atoms with Crippen LogP contribution >= 0.6 is 11.8 Å². The highest BCUT2D eigenvalue weighted by Gasteiger charge is 2.20. The summed E-state index contributed by atoms with van der Waals surface area (Å²) in [4.78, 5) is 13.8. The SMILES string of the molecule is CCCNc1nc(-c2ccc(C)nc2)nc2c1CSC2. The highest BCUT2D eigenvalue weighted by Crippen LogP contribution is 2.34. The maximum atomic E-state index is 4.71. The Kier molecular flexibility index (Phi) is 3.87. The number of hydrogen-bond donors (Lipinski definition) is 1. The summed E-state index contributed by atoms with van der Waals surface area (Å²) < 4.78 is 0. The number of aryl methyl sites for hydroxylation is 1. The Morgan fingerprint density at radius 3 is 2.90 bits per heavy atom. The molecular weight excluding hydrogens is 268 g/mol. The zero-order chi connectivity index (χ0) is 13.9. The molecule has 0 atom stereocenters. The first kappa shape index (κ1) is 13.4. The van der Waals surface area contributed by atoms with E-state index in [-0.39, 0.29) is 0 Å². The molecule has 20 heavy (non-hydrogen) atoms. The molecule has 2 aromatic rings. The van der Waals surface area contributed by atoms with Gasteiger partial charge in [0.05, 0.1) is 5.69 Å². The van der Waals surface area contributed by atoms with E-state index in [1.54, 1.807) is 0 Å². The number of fused-ring (bicyclic) bond motifs is 1. The molecule has 0 radical (unpaired) electrons. The maximum Gasteiger partial charge on any atom is 0.163 e. The minimum atomic E-state index is 0.775. The van der Waals surface area contributed by atoms with Gasteiger partial charge in [0.1, 0.15) is 5.82 Å². The second-order valence-corrected chi connectivity index (χ2v) is 5.91. The van der Waals surface area contributed by atoms with Gasteiger partial charge in [0.15, 0.2) is 5.82 Å². The van der Waals surface area contributed by atoms with Gasteiger partial charge in [-0.2, -0.15) is 11.8 Å². The largest absolute Gasteiger partial charge is 0.370 e. The molecule has 1 aliphatic heterocycles. The fourth-order valence-electron chi connectivity index (χ4n) is 2.17. The number of thioether (sulfide) groups is 1. The average molecular weight is 286 g/mol. The number of aromatic nitrogens is 3. The average Bonchev–Trinajstić information content (AvgIpc) is 2.94. The van der Waals surface area contributed by atoms with Crippen LogP contribution in [0.3, 0.4) is 0 Å². The van der Waals surface area contributed by atoms with Crippen LogP contribution in [0.5, 0.6) is 0 Å². The van der Waals surface area contributed by atoms with Crippen LogP contribution in [0.15, 0.2) is 18.3 Å². The van der Waals surface area contributed by atoms with Gasteiger partial charge in [-0.3, -0.25) is 4.98 Å². The third-order valence-electron chi connectivity index (χ3n) is 3.29. The van der Waals surface area contributed by atoms with Crippen molar-refractivity contribution in [2.75, 3.05) is 11.9 Å². The monoisotopic (exact) mass is 286 g/mol. The summed E-state index contributed by atoms with van der Waals surface area (Å²) in [5, 5.41) is 3.43. The number of pyridine rings is 1. The number of rotatable bonds is 4. The van der Waals surface area contributed by atoms with Crippen LogP contribution in [-0.2, 0) is 11.5 Å². The predicted molar refractivity (Wildman–Crippen MR) is 83.8 cm³/mol. The zero-order valence-corrected chi connectivity index (χ0v) is 12.6. The topological polar surface area (TPSA) is 50.7 Å². The Bertz CT molecular complexity index is 610. The molecule has 0 spiro atoms. The lowest BCUT2D eigenvalue weighted by molar-refractivity contribution is 0.954. The molecule has 4 nitrogen and oxygen atoms in total. The third kappa shape index (κ3) is 2.63. The summed E-state index contributed by atoms with van der Waals surface area (Å²) in [6.45, 7) is 5.09. The van der Waals surface area contributed by atoms with E-state index in [2.05, 4.69) is 17.2 Å². The van der Waals surface area contributed by atoms with Gasteiger partial charge < -0.3 is 5.32 Å².